The number of hydrazone groups is 1. The average Bonchev–Trinajstić information content (AvgIpc) is 2.61. The molecule has 1 unspecified atom stereocenters. The zero-order valence-electron chi connectivity index (χ0n) is 14.6. The Morgan fingerprint density at radius 1 is 1.04 bits per heavy atom. The molecule has 2 aromatic rings. The Hall–Kier alpha value is -2.33. The van der Waals surface area contributed by atoms with Gasteiger partial charge in [-0.2, -0.15) is 5.10 Å². The van der Waals surface area contributed by atoms with Gasteiger partial charge in [0.2, 0.25) is 5.91 Å². The van der Waals surface area contributed by atoms with Crippen molar-refractivity contribution in [2.45, 2.75) is 19.3 Å². The van der Waals surface area contributed by atoms with Crippen LogP contribution in [0.3, 0.4) is 0 Å². The van der Waals surface area contributed by atoms with E-state index < -0.39 is 0 Å². The summed E-state index contributed by atoms with van der Waals surface area (Å²) < 4.78 is 0. The second kappa shape index (κ2) is 8.67. The molecule has 0 spiro atoms. The maximum Gasteiger partial charge on any atom is 0.224 e. The third-order valence-electron chi connectivity index (χ3n) is 4.37. The molecule has 0 bridgehead atoms. The number of halogens is 1. The number of amides is 1. The topological polar surface area (TPSA) is 35.9 Å². The van der Waals surface area contributed by atoms with Gasteiger partial charge in [0.25, 0.3) is 0 Å². The first-order valence-corrected chi connectivity index (χ1v) is 8.32. The van der Waals surface area contributed by atoms with Crippen molar-refractivity contribution >= 4 is 24.1 Å². The number of rotatable bonds is 4. The SMILES string of the molecule is CC(=O)N1CCN(C)N=C1C(Cc1ccccc1)c1ccccc1.Cl. The lowest BCUT2D eigenvalue weighted by atomic mass is 9.90. The van der Waals surface area contributed by atoms with Crippen LogP contribution in [-0.4, -0.2) is 41.8 Å². The summed E-state index contributed by atoms with van der Waals surface area (Å²) in [4.78, 5) is 14.0. The van der Waals surface area contributed by atoms with E-state index in [4.69, 9.17) is 5.10 Å². The zero-order chi connectivity index (χ0) is 16.9. The highest BCUT2D eigenvalue weighted by atomic mass is 35.5. The fourth-order valence-electron chi connectivity index (χ4n) is 3.11. The molecule has 0 fully saturated rings. The Morgan fingerprint density at radius 3 is 2.24 bits per heavy atom. The van der Waals surface area contributed by atoms with Crippen molar-refractivity contribution in [3.05, 3.63) is 71.8 Å². The number of nitrogens with zero attached hydrogens (tertiary/aromatic N) is 3. The summed E-state index contributed by atoms with van der Waals surface area (Å²) in [7, 11) is 1.96. The van der Waals surface area contributed by atoms with Gasteiger partial charge in [-0.3, -0.25) is 14.7 Å². The largest absolute Gasteiger partial charge is 0.297 e. The lowest BCUT2D eigenvalue weighted by Crippen LogP contribution is -2.47. The van der Waals surface area contributed by atoms with Gasteiger partial charge in [-0.05, 0) is 17.5 Å². The number of carbonyl (C=O) groups excluding carboxylic acids is 1. The molecule has 0 aliphatic carbocycles. The molecule has 0 saturated heterocycles. The fraction of sp³-hybridized carbons (Fsp3) is 0.300. The molecule has 1 amide bonds. The summed E-state index contributed by atoms with van der Waals surface area (Å²) in [5, 5.41) is 6.64. The van der Waals surface area contributed by atoms with Crippen molar-refractivity contribution < 1.29 is 4.79 Å². The van der Waals surface area contributed by atoms with E-state index in [9.17, 15) is 4.79 Å². The van der Waals surface area contributed by atoms with Crippen LogP contribution in [-0.2, 0) is 11.2 Å². The van der Waals surface area contributed by atoms with Crippen molar-refractivity contribution in [3.8, 4) is 0 Å². The van der Waals surface area contributed by atoms with Crippen LogP contribution in [0.5, 0.6) is 0 Å². The van der Waals surface area contributed by atoms with Gasteiger partial charge in [0.05, 0.1) is 6.54 Å². The third-order valence-corrected chi connectivity index (χ3v) is 4.37. The Morgan fingerprint density at radius 2 is 1.64 bits per heavy atom. The molecule has 0 radical (unpaired) electrons. The van der Waals surface area contributed by atoms with E-state index in [-0.39, 0.29) is 24.2 Å². The second-order valence-corrected chi connectivity index (χ2v) is 6.16. The Labute approximate surface area is 155 Å². The highest BCUT2D eigenvalue weighted by Crippen LogP contribution is 2.26. The van der Waals surface area contributed by atoms with E-state index in [0.29, 0.717) is 6.54 Å². The van der Waals surface area contributed by atoms with E-state index in [2.05, 4.69) is 36.4 Å². The first-order valence-electron chi connectivity index (χ1n) is 8.32. The normalized spacial score (nSPS) is 15.2. The number of likely N-dealkylation sites (N-methyl/N-ethyl adjacent to an activating group) is 1. The molecular weight excluding hydrogens is 334 g/mol. The van der Waals surface area contributed by atoms with E-state index >= 15 is 0 Å². The van der Waals surface area contributed by atoms with E-state index in [0.717, 1.165) is 18.8 Å². The summed E-state index contributed by atoms with van der Waals surface area (Å²) in [5.74, 6) is 0.947. The van der Waals surface area contributed by atoms with Gasteiger partial charge in [-0.1, -0.05) is 60.7 Å². The van der Waals surface area contributed by atoms with Gasteiger partial charge in [0.1, 0.15) is 5.84 Å². The predicted molar refractivity (Wildman–Crippen MR) is 104 cm³/mol. The molecule has 5 heteroatoms. The monoisotopic (exact) mass is 357 g/mol. The van der Waals surface area contributed by atoms with Crippen molar-refractivity contribution in [1.29, 1.82) is 0 Å². The minimum Gasteiger partial charge on any atom is -0.297 e. The summed E-state index contributed by atoms with van der Waals surface area (Å²) in [5.41, 5.74) is 2.42. The molecule has 1 atom stereocenters. The van der Waals surface area contributed by atoms with Crippen LogP contribution in [0.15, 0.2) is 65.8 Å². The molecular formula is C20H24ClN3O. The number of amidine groups is 1. The Balaban J connectivity index is 0.00000225. The minimum absolute atomic E-state index is 0. The van der Waals surface area contributed by atoms with Gasteiger partial charge in [-0.25, -0.2) is 0 Å². The zero-order valence-corrected chi connectivity index (χ0v) is 15.4. The molecule has 3 rings (SSSR count). The molecule has 132 valence electrons. The minimum atomic E-state index is 0. The smallest absolute Gasteiger partial charge is 0.224 e. The standard InChI is InChI=1S/C20H23N3O.ClH/c1-16(24)23-14-13-22(2)21-20(23)19(18-11-7-4-8-12-18)15-17-9-5-3-6-10-17;/h3-12,19H,13-15H2,1-2H3;1H. The number of benzene rings is 2. The van der Waals surface area contributed by atoms with Gasteiger partial charge < -0.3 is 0 Å². The highest BCUT2D eigenvalue weighted by molar-refractivity contribution is 6.01. The van der Waals surface area contributed by atoms with E-state index in [1.54, 1.807) is 6.92 Å². The Kier molecular flexibility index (Phi) is 6.59. The molecule has 25 heavy (non-hydrogen) atoms. The van der Waals surface area contributed by atoms with Crippen LogP contribution in [0.4, 0.5) is 0 Å². The quantitative estimate of drug-likeness (QED) is 0.839. The Bertz CT molecular complexity index is 718. The van der Waals surface area contributed by atoms with Gasteiger partial charge >= 0.3 is 0 Å². The molecule has 1 heterocycles. The van der Waals surface area contributed by atoms with Crippen LogP contribution in [0, 0.1) is 0 Å². The maximum atomic E-state index is 12.1. The van der Waals surface area contributed by atoms with Crippen LogP contribution in [0.25, 0.3) is 0 Å². The van der Waals surface area contributed by atoms with Gasteiger partial charge in [0, 0.05) is 26.4 Å². The molecule has 1 aliphatic rings. The first kappa shape index (κ1) is 19.0. The van der Waals surface area contributed by atoms with Gasteiger partial charge in [0.15, 0.2) is 0 Å². The van der Waals surface area contributed by atoms with Gasteiger partial charge in [-0.15, -0.1) is 12.4 Å². The van der Waals surface area contributed by atoms with Crippen LogP contribution >= 0.6 is 12.4 Å². The third kappa shape index (κ3) is 4.60. The molecule has 0 N–H and O–H groups in total. The number of hydrogen-bond acceptors (Lipinski definition) is 3. The molecule has 4 nitrogen and oxygen atoms in total. The lowest BCUT2D eigenvalue weighted by Gasteiger charge is -2.35. The second-order valence-electron chi connectivity index (χ2n) is 6.16. The first-order chi connectivity index (χ1) is 11.6. The van der Waals surface area contributed by atoms with Crippen molar-refractivity contribution in [1.82, 2.24) is 9.91 Å². The average molecular weight is 358 g/mol. The van der Waals surface area contributed by atoms with Crippen molar-refractivity contribution in [2.75, 3.05) is 20.1 Å². The predicted octanol–water partition coefficient (Wildman–Crippen LogP) is 3.54. The molecule has 0 saturated carbocycles. The number of carbonyl (C=O) groups is 1. The summed E-state index contributed by atoms with van der Waals surface area (Å²) in [6.45, 7) is 3.06. The fourth-order valence-corrected chi connectivity index (χ4v) is 3.11. The summed E-state index contributed by atoms with van der Waals surface area (Å²) in [6.07, 6.45) is 0.821. The molecule has 1 aliphatic heterocycles. The van der Waals surface area contributed by atoms with Crippen molar-refractivity contribution in [2.24, 2.45) is 5.10 Å². The van der Waals surface area contributed by atoms with Crippen molar-refractivity contribution in [3.63, 3.8) is 0 Å². The maximum absolute atomic E-state index is 12.1. The molecule has 2 aromatic carbocycles. The lowest BCUT2D eigenvalue weighted by molar-refractivity contribution is -0.125. The van der Waals surface area contributed by atoms with Crippen LogP contribution in [0.2, 0.25) is 0 Å². The summed E-state index contributed by atoms with van der Waals surface area (Å²) in [6, 6.07) is 20.7. The number of hydrogen-bond donors (Lipinski definition) is 0. The van der Waals surface area contributed by atoms with E-state index in [1.165, 1.54) is 11.1 Å². The molecule has 0 aromatic heterocycles. The van der Waals surface area contributed by atoms with Crippen LogP contribution in [0.1, 0.15) is 24.0 Å². The van der Waals surface area contributed by atoms with E-state index in [1.807, 2.05) is 41.2 Å². The van der Waals surface area contributed by atoms with Crippen LogP contribution < -0.4 is 0 Å². The summed E-state index contributed by atoms with van der Waals surface area (Å²) >= 11 is 0. The highest BCUT2D eigenvalue weighted by Gasteiger charge is 2.29.